The maximum Gasteiger partial charge on any atom is 0.482 e. The van der Waals surface area contributed by atoms with Crippen molar-refractivity contribution in [1.29, 1.82) is 0 Å². The van der Waals surface area contributed by atoms with Gasteiger partial charge in [0.15, 0.2) is 0 Å². The molecule has 0 aliphatic carbocycles. The Morgan fingerprint density at radius 3 is 2.56 bits per heavy atom. The number of thiol groups is 1. The molecular formula is C8H8BF3N3S-. The molecule has 0 saturated carbocycles. The lowest BCUT2D eigenvalue weighted by atomic mass is 9.80. The molecule has 0 bridgehead atoms. The lowest BCUT2D eigenvalue weighted by Gasteiger charge is -2.17. The van der Waals surface area contributed by atoms with E-state index in [2.05, 4.69) is 22.7 Å². The third-order valence-corrected chi connectivity index (χ3v) is 2.33. The molecule has 0 atom stereocenters. The largest absolute Gasteiger partial charge is 0.482 e. The fraction of sp³-hybridized carbons (Fsp3) is 0.250. The normalized spacial score (nSPS) is 11.1. The van der Waals surface area contributed by atoms with Gasteiger partial charge in [0.05, 0.1) is 0 Å². The Kier molecular flexibility index (Phi) is 3.77. The van der Waals surface area contributed by atoms with Gasteiger partial charge >= 0.3 is 6.98 Å². The second-order valence-corrected chi connectivity index (χ2v) is 3.87. The first-order valence-electron chi connectivity index (χ1n) is 4.42. The van der Waals surface area contributed by atoms with Gasteiger partial charge < -0.3 is 12.9 Å². The van der Waals surface area contributed by atoms with Crippen molar-refractivity contribution in [3.05, 3.63) is 33.7 Å². The first-order valence-corrected chi connectivity index (χ1v) is 4.87. The lowest BCUT2D eigenvalue weighted by Crippen LogP contribution is -2.20. The predicted octanol–water partition coefficient (Wildman–Crippen LogP) is 4.15. The predicted molar refractivity (Wildman–Crippen MR) is 60.0 cm³/mol. The van der Waals surface area contributed by atoms with Gasteiger partial charge in [-0.3, -0.25) is 0 Å². The van der Waals surface area contributed by atoms with Gasteiger partial charge in [-0.05, 0) is 30.2 Å². The zero-order valence-corrected chi connectivity index (χ0v) is 9.26. The van der Waals surface area contributed by atoms with Crippen molar-refractivity contribution in [1.82, 2.24) is 0 Å². The minimum absolute atomic E-state index is 0.0994. The van der Waals surface area contributed by atoms with Crippen molar-refractivity contribution in [2.75, 3.05) is 0 Å². The van der Waals surface area contributed by atoms with Crippen LogP contribution in [0.25, 0.3) is 10.4 Å². The van der Waals surface area contributed by atoms with E-state index in [1.807, 2.05) is 0 Å². The first kappa shape index (κ1) is 12.8. The molecule has 0 amide bonds. The molecule has 0 fully saturated rings. The first-order chi connectivity index (χ1) is 7.33. The Labute approximate surface area is 95.8 Å². The SMILES string of the molecule is Cc1c(C[B-](F)(F)F)cc(S)cc1N=[N+]=[N-]. The maximum atomic E-state index is 12.3. The number of hydrogen-bond donors (Lipinski definition) is 1. The maximum absolute atomic E-state index is 12.3. The van der Waals surface area contributed by atoms with E-state index in [4.69, 9.17) is 5.53 Å². The molecule has 3 nitrogen and oxygen atoms in total. The van der Waals surface area contributed by atoms with Crippen LogP contribution in [0.4, 0.5) is 18.6 Å². The Balaban J connectivity index is 3.24. The van der Waals surface area contributed by atoms with Crippen molar-refractivity contribution >= 4 is 25.3 Å². The second kappa shape index (κ2) is 4.72. The van der Waals surface area contributed by atoms with Gasteiger partial charge in [-0.2, -0.15) is 0 Å². The highest BCUT2D eigenvalue weighted by molar-refractivity contribution is 7.80. The van der Waals surface area contributed by atoms with Gasteiger partial charge in [0.1, 0.15) is 0 Å². The van der Waals surface area contributed by atoms with Crippen LogP contribution in [0.2, 0.25) is 0 Å². The molecule has 0 aliphatic heterocycles. The summed E-state index contributed by atoms with van der Waals surface area (Å²) < 4.78 is 36.9. The molecule has 0 aliphatic rings. The van der Waals surface area contributed by atoms with Crippen LogP contribution in [-0.2, 0) is 6.32 Å². The number of hydrogen-bond acceptors (Lipinski definition) is 2. The molecule has 0 heterocycles. The van der Waals surface area contributed by atoms with Crippen LogP contribution in [-0.4, -0.2) is 6.98 Å². The van der Waals surface area contributed by atoms with Crippen LogP contribution < -0.4 is 0 Å². The minimum atomic E-state index is -4.91. The standard InChI is InChI=1S/C8H8BF3N3S/c1-5-6(4-9(10,11)12)2-7(16)3-8(5)14-15-13/h2-3,16H,4H2,1H3/q-1. The van der Waals surface area contributed by atoms with Gasteiger partial charge in [0.25, 0.3) is 0 Å². The lowest BCUT2D eigenvalue weighted by molar-refractivity contribution is 0.468. The molecule has 0 unspecified atom stereocenters. The van der Waals surface area contributed by atoms with E-state index in [9.17, 15) is 12.9 Å². The van der Waals surface area contributed by atoms with Gasteiger partial charge in [0, 0.05) is 15.5 Å². The molecule has 1 aromatic rings. The highest BCUT2D eigenvalue weighted by atomic mass is 32.1. The average molecular weight is 246 g/mol. The highest BCUT2D eigenvalue weighted by Gasteiger charge is 2.24. The summed E-state index contributed by atoms with van der Waals surface area (Å²) in [5, 5.41) is 3.33. The number of azide groups is 1. The van der Waals surface area contributed by atoms with E-state index in [0.717, 1.165) is 0 Å². The van der Waals surface area contributed by atoms with E-state index in [1.54, 1.807) is 0 Å². The zero-order chi connectivity index (χ0) is 12.3. The molecule has 0 N–H and O–H groups in total. The Morgan fingerprint density at radius 1 is 1.44 bits per heavy atom. The highest BCUT2D eigenvalue weighted by Crippen LogP contribution is 2.29. The van der Waals surface area contributed by atoms with Crippen LogP contribution >= 0.6 is 12.6 Å². The van der Waals surface area contributed by atoms with Crippen molar-refractivity contribution in [2.24, 2.45) is 5.11 Å². The molecule has 0 aromatic heterocycles. The summed E-state index contributed by atoms with van der Waals surface area (Å²) in [4.78, 5) is 2.91. The van der Waals surface area contributed by atoms with E-state index in [0.29, 0.717) is 10.5 Å². The third-order valence-electron chi connectivity index (χ3n) is 2.08. The molecule has 0 saturated heterocycles. The molecule has 1 rings (SSSR count). The summed E-state index contributed by atoms with van der Waals surface area (Å²) in [7, 11) is 0. The molecule has 16 heavy (non-hydrogen) atoms. The molecule has 1 aromatic carbocycles. The molecular weight excluding hydrogens is 238 g/mol. The van der Waals surface area contributed by atoms with E-state index >= 15 is 0 Å². The number of halogens is 3. The van der Waals surface area contributed by atoms with Crippen LogP contribution in [0.15, 0.2) is 22.1 Å². The number of benzene rings is 1. The van der Waals surface area contributed by atoms with Crippen LogP contribution in [0.3, 0.4) is 0 Å². The summed E-state index contributed by atoms with van der Waals surface area (Å²) in [6, 6.07) is 2.77. The smallest absolute Gasteiger partial charge is 0.449 e. The molecule has 0 spiro atoms. The van der Waals surface area contributed by atoms with Crippen LogP contribution in [0.5, 0.6) is 0 Å². The van der Waals surface area contributed by atoms with Crippen molar-refractivity contribution in [3.8, 4) is 0 Å². The van der Waals surface area contributed by atoms with Gasteiger partial charge in [-0.1, -0.05) is 17.0 Å². The zero-order valence-electron chi connectivity index (χ0n) is 8.36. The summed E-state index contributed by atoms with van der Waals surface area (Å²) in [5.41, 5.74) is 8.90. The Bertz CT molecular complexity index is 455. The average Bonchev–Trinajstić information content (AvgIpc) is 2.11. The van der Waals surface area contributed by atoms with Crippen LogP contribution in [0.1, 0.15) is 11.1 Å². The van der Waals surface area contributed by atoms with Crippen LogP contribution in [0, 0.1) is 6.92 Å². The van der Waals surface area contributed by atoms with Crippen molar-refractivity contribution < 1.29 is 12.9 Å². The monoisotopic (exact) mass is 246 g/mol. The quantitative estimate of drug-likeness (QED) is 0.274. The van der Waals surface area contributed by atoms with Crippen molar-refractivity contribution in [3.63, 3.8) is 0 Å². The van der Waals surface area contributed by atoms with Crippen molar-refractivity contribution in [2.45, 2.75) is 18.1 Å². The molecule has 0 radical (unpaired) electrons. The van der Waals surface area contributed by atoms with E-state index in [-0.39, 0.29) is 11.3 Å². The fourth-order valence-electron chi connectivity index (χ4n) is 1.35. The number of nitrogens with zero attached hydrogens (tertiary/aromatic N) is 3. The summed E-state index contributed by atoms with van der Waals surface area (Å²) in [6.45, 7) is -3.42. The van der Waals surface area contributed by atoms with E-state index in [1.165, 1.54) is 19.1 Å². The number of rotatable bonds is 3. The Hall–Kier alpha value is -1.27. The minimum Gasteiger partial charge on any atom is -0.449 e. The van der Waals surface area contributed by atoms with E-state index < -0.39 is 13.3 Å². The summed E-state index contributed by atoms with van der Waals surface area (Å²) in [5.74, 6) is 0. The fourth-order valence-corrected chi connectivity index (χ4v) is 1.63. The second-order valence-electron chi connectivity index (χ2n) is 3.35. The third kappa shape index (κ3) is 3.39. The molecule has 8 heteroatoms. The Morgan fingerprint density at radius 2 is 2.06 bits per heavy atom. The van der Waals surface area contributed by atoms with Gasteiger partial charge in [-0.15, -0.1) is 12.6 Å². The van der Waals surface area contributed by atoms with Gasteiger partial charge in [0.2, 0.25) is 0 Å². The molecule has 86 valence electrons. The topological polar surface area (TPSA) is 48.8 Å². The summed E-state index contributed by atoms with van der Waals surface area (Å²) >= 11 is 3.97. The van der Waals surface area contributed by atoms with Gasteiger partial charge in [-0.25, -0.2) is 0 Å². The summed E-state index contributed by atoms with van der Waals surface area (Å²) in [6.07, 6.45) is -0.992.